The van der Waals surface area contributed by atoms with E-state index in [0.717, 1.165) is 12.0 Å². The molecule has 2 N–H and O–H groups in total. The molecule has 1 amide bonds. The highest BCUT2D eigenvalue weighted by molar-refractivity contribution is 6.09. The molecule has 0 aliphatic heterocycles. The number of esters is 1. The molecule has 0 bridgehead atoms. The van der Waals surface area contributed by atoms with Crippen LogP contribution in [0.4, 0.5) is 5.69 Å². The van der Waals surface area contributed by atoms with Crippen LogP contribution >= 0.6 is 0 Å². The summed E-state index contributed by atoms with van der Waals surface area (Å²) in [6.07, 6.45) is 2.15. The number of anilines is 1. The monoisotopic (exact) mass is 363 g/mol. The Morgan fingerprint density at radius 3 is 2.52 bits per heavy atom. The fourth-order valence-electron chi connectivity index (χ4n) is 2.36. The Hall–Kier alpha value is -3.59. The van der Waals surface area contributed by atoms with E-state index in [-0.39, 0.29) is 16.8 Å². The molecular weight excluding hydrogens is 342 g/mol. The number of amides is 1. The first-order valence-electron chi connectivity index (χ1n) is 8.43. The normalized spacial score (nSPS) is 10.6. The molecule has 138 valence electrons. The Balaban J connectivity index is 1.97. The molecule has 2 aromatic rings. The van der Waals surface area contributed by atoms with Gasteiger partial charge in [-0.3, -0.25) is 4.79 Å². The lowest BCUT2D eigenvalue weighted by Gasteiger charge is -2.09. The van der Waals surface area contributed by atoms with Crippen molar-refractivity contribution in [3.05, 3.63) is 77.0 Å². The number of hydrogen-bond acceptors (Lipinski definition) is 5. The first kappa shape index (κ1) is 19.7. The summed E-state index contributed by atoms with van der Waals surface area (Å²) in [6.45, 7) is 2.61. The quantitative estimate of drug-likeness (QED) is 0.342. The third-order valence-electron chi connectivity index (χ3n) is 3.87. The van der Waals surface area contributed by atoms with Gasteiger partial charge in [-0.15, -0.1) is 0 Å². The largest absolute Gasteiger partial charge is 0.465 e. The summed E-state index contributed by atoms with van der Waals surface area (Å²) in [6, 6.07) is 16.5. The maximum atomic E-state index is 12.3. The molecule has 0 aromatic heterocycles. The van der Waals surface area contributed by atoms with Crippen LogP contribution in [0.15, 0.2) is 60.3 Å². The summed E-state index contributed by atoms with van der Waals surface area (Å²) in [5, 5.41) is 14.8. The van der Waals surface area contributed by atoms with Gasteiger partial charge < -0.3 is 15.4 Å². The van der Waals surface area contributed by atoms with Crippen LogP contribution < -0.4 is 10.6 Å². The molecule has 6 nitrogen and oxygen atoms in total. The highest BCUT2D eigenvalue weighted by Gasteiger charge is 2.15. The van der Waals surface area contributed by atoms with E-state index in [1.807, 2.05) is 37.3 Å². The number of nitrogens with one attached hydrogen (secondary N) is 2. The molecule has 0 saturated heterocycles. The van der Waals surface area contributed by atoms with Gasteiger partial charge in [0.1, 0.15) is 11.6 Å². The number of ether oxygens (including phenoxy) is 1. The lowest BCUT2D eigenvalue weighted by molar-refractivity contribution is -0.112. The van der Waals surface area contributed by atoms with Crippen molar-refractivity contribution in [2.24, 2.45) is 0 Å². The summed E-state index contributed by atoms with van der Waals surface area (Å²) >= 11 is 0. The van der Waals surface area contributed by atoms with Crippen LogP contribution in [0, 0.1) is 18.3 Å². The van der Waals surface area contributed by atoms with Crippen molar-refractivity contribution in [2.75, 3.05) is 19.0 Å². The average molecular weight is 363 g/mol. The number of hydrogen-bond donors (Lipinski definition) is 2. The van der Waals surface area contributed by atoms with Crippen LogP contribution in [0.25, 0.3) is 0 Å². The van der Waals surface area contributed by atoms with Crippen LogP contribution in [-0.2, 0) is 16.0 Å². The Morgan fingerprint density at radius 2 is 1.85 bits per heavy atom. The number of nitriles is 1. The fraction of sp³-hybridized carbons (Fsp3) is 0.190. The number of carbonyl (C=O) groups is 2. The highest BCUT2D eigenvalue weighted by Crippen LogP contribution is 2.16. The van der Waals surface area contributed by atoms with Crippen LogP contribution in [0.1, 0.15) is 21.5 Å². The summed E-state index contributed by atoms with van der Waals surface area (Å²) in [4.78, 5) is 24.1. The lowest BCUT2D eigenvalue weighted by Crippen LogP contribution is -2.19. The Morgan fingerprint density at radius 1 is 1.15 bits per heavy atom. The van der Waals surface area contributed by atoms with E-state index in [0.29, 0.717) is 6.54 Å². The number of para-hydroxylation sites is 1. The zero-order valence-electron chi connectivity index (χ0n) is 15.3. The van der Waals surface area contributed by atoms with Gasteiger partial charge in [-0.25, -0.2) is 4.79 Å². The van der Waals surface area contributed by atoms with Crippen LogP contribution in [0.3, 0.4) is 0 Å². The topological polar surface area (TPSA) is 91.2 Å². The second-order valence-electron chi connectivity index (χ2n) is 5.85. The summed E-state index contributed by atoms with van der Waals surface area (Å²) in [5.41, 5.74) is 2.78. The van der Waals surface area contributed by atoms with Gasteiger partial charge in [0.05, 0.1) is 18.4 Å². The minimum atomic E-state index is -0.600. The third kappa shape index (κ3) is 5.72. The SMILES string of the molecule is COC(=O)c1ccccc1NC(=O)/C(C#N)=C\NCCc1ccc(C)cc1. The van der Waals surface area contributed by atoms with Gasteiger partial charge in [-0.05, 0) is 31.0 Å². The molecular formula is C21H21N3O3. The molecule has 0 unspecified atom stereocenters. The lowest BCUT2D eigenvalue weighted by atomic mass is 10.1. The smallest absolute Gasteiger partial charge is 0.339 e. The number of rotatable bonds is 7. The molecule has 2 aromatic carbocycles. The van der Waals surface area contributed by atoms with Gasteiger partial charge in [-0.2, -0.15) is 5.26 Å². The molecule has 0 radical (unpaired) electrons. The number of methoxy groups -OCH3 is 1. The summed E-state index contributed by atoms with van der Waals surface area (Å²) in [7, 11) is 1.26. The molecule has 0 spiro atoms. The zero-order chi connectivity index (χ0) is 19.6. The first-order valence-corrected chi connectivity index (χ1v) is 8.43. The minimum Gasteiger partial charge on any atom is -0.465 e. The third-order valence-corrected chi connectivity index (χ3v) is 3.87. The van der Waals surface area contributed by atoms with Crippen LogP contribution in [-0.4, -0.2) is 25.5 Å². The van der Waals surface area contributed by atoms with Gasteiger partial charge in [0.2, 0.25) is 0 Å². The second kappa shape index (κ2) is 9.78. The van der Waals surface area contributed by atoms with E-state index in [1.54, 1.807) is 18.2 Å². The highest BCUT2D eigenvalue weighted by atomic mass is 16.5. The van der Waals surface area contributed by atoms with E-state index in [4.69, 9.17) is 4.74 Å². The number of carbonyl (C=O) groups excluding carboxylic acids is 2. The van der Waals surface area contributed by atoms with Gasteiger partial charge in [0.15, 0.2) is 0 Å². The van der Waals surface area contributed by atoms with Gasteiger partial charge in [0.25, 0.3) is 5.91 Å². The van der Waals surface area contributed by atoms with Crippen molar-refractivity contribution < 1.29 is 14.3 Å². The molecule has 0 aliphatic rings. The maximum Gasteiger partial charge on any atom is 0.339 e. The second-order valence-corrected chi connectivity index (χ2v) is 5.85. The Kier molecular flexibility index (Phi) is 7.15. The molecule has 0 heterocycles. The molecule has 2 rings (SSSR count). The minimum absolute atomic E-state index is 0.0847. The number of benzene rings is 2. The number of nitrogens with zero attached hydrogens (tertiary/aromatic N) is 1. The van der Waals surface area contributed by atoms with Gasteiger partial charge >= 0.3 is 5.97 Å². The van der Waals surface area contributed by atoms with Crippen molar-refractivity contribution in [3.8, 4) is 6.07 Å². The summed E-state index contributed by atoms with van der Waals surface area (Å²) < 4.78 is 4.69. The molecule has 0 atom stereocenters. The number of aryl methyl sites for hydroxylation is 1. The molecule has 0 aliphatic carbocycles. The van der Waals surface area contributed by atoms with Crippen LogP contribution in [0.5, 0.6) is 0 Å². The predicted octanol–water partition coefficient (Wildman–Crippen LogP) is 2.96. The molecule has 0 saturated carbocycles. The van der Waals surface area contributed by atoms with Crippen LogP contribution in [0.2, 0.25) is 0 Å². The zero-order valence-corrected chi connectivity index (χ0v) is 15.3. The first-order chi connectivity index (χ1) is 13.0. The molecule has 6 heteroatoms. The van der Waals surface area contributed by atoms with Crippen molar-refractivity contribution in [1.29, 1.82) is 5.26 Å². The van der Waals surface area contributed by atoms with Crippen molar-refractivity contribution in [1.82, 2.24) is 5.32 Å². The summed E-state index contributed by atoms with van der Waals surface area (Å²) in [5.74, 6) is -1.17. The maximum absolute atomic E-state index is 12.3. The fourth-order valence-corrected chi connectivity index (χ4v) is 2.36. The van der Waals surface area contributed by atoms with E-state index in [1.165, 1.54) is 24.9 Å². The van der Waals surface area contributed by atoms with Crippen molar-refractivity contribution >= 4 is 17.6 Å². The van der Waals surface area contributed by atoms with E-state index < -0.39 is 11.9 Å². The van der Waals surface area contributed by atoms with Gasteiger partial charge in [0, 0.05) is 12.7 Å². The van der Waals surface area contributed by atoms with E-state index >= 15 is 0 Å². The Bertz CT molecular complexity index is 880. The molecule has 0 fully saturated rings. The van der Waals surface area contributed by atoms with Gasteiger partial charge in [-0.1, -0.05) is 42.0 Å². The average Bonchev–Trinajstić information content (AvgIpc) is 2.69. The standard InChI is InChI=1S/C21H21N3O3/c1-15-7-9-16(10-8-15)11-12-23-14-17(13-22)20(25)24-19-6-4-3-5-18(19)21(26)27-2/h3-10,14,23H,11-12H2,1-2H3,(H,24,25)/b17-14-. The molecule has 27 heavy (non-hydrogen) atoms. The van der Waals surface area contributed by atoms with E-state index in [9.17, 15) is 14.9 Å². The predicted molar refractivity (Wildman–Crippen MR) is 103 cm³/mol. The van der Waals surface area contributed by atoms with Crippen molar-refractivity contribution in [3.63, 3.8) is 0 Å². The Labute approximate surface area is 158 Å². The van der Waals surface area contributed by atoms with E-state index in [2.05, 4.69) is 10.6 Å². The van der Waals surface area contributed by atoms with Crippen molar-refractivity contribution in [2.45, 2.75) is 13.3 Å².